The molecule has 5 nitrogen and oxygen atoms in total. The Hall–Kier alpha value is -2.04. The van der Waals surface area contributed by atoms with Gasteiger partial charge >= 0.3 is 5.97 Å². The molecule has 0 radical (unpaired) electrons. The molecule has 0 fully saturated rings. The van der Waals surface area contributed by atoms with Gasteiger partial charge in [0, 0.05) is 12.7 Å². The first-order valence-electron chi connectivity index (χ1n) is 5.73. The number of aryl methyl sites for hydroxylation is 1. The van der Waals surface area contributed by atoms with Crippen LogP contribution in [0.15, 0.2) is 18.2 Å². The first kappa shape index (κ1) is 14.0. The van der Waals surface area contributed by atoms with Gasteiger partial charge in [0.05, 0.1) is 12.2 Å². The molecule has 0 bridgehead atoms. The fourth-order valence-electron chi connectivity index (χ4n) is 1.65. The number of benzene rings is 1. The van der Waals surface area contributed by atoms with Crippen LogP contribution in [0.5, 0.6) is 0 Å². The van der Waals surface area contributed by atoms with E-state index in [0.29, 0.717) is 17.9 Å². The number of hydrogen-bond donors (Lipinski definition) is 1. The summed E-state index contributed by atoms with van der Waals surface area (Å²) in [7, 11) is 1.55. The number of hydrogen-bond acceptors (Lipinski definition) is 4. The van der Waals surface area contributed by atoms with Crippen LogP contribution in [-0.4, -0.2) is 37.0 Å². The standard InChI is InChI=1S/C13H18N2O3/c1-4-18-11(16)8-15(3)13(17)12-9(2)6-5-7-10(12)14/h5-7H,4,8,14H2,1-3H3. The van der Waals surface area contributed by atoms with E-state index in [1.165, 1.54) is 4.90 Å². The molecule has 0 aliphatic rings. The molecular formula is C13H18N2O3. The smallest absolute Gasteiger partial charge is 0.325 e. The second-order valence-corrected chi connectivity index (χ2v) is 4.01. The summed E-state index contributed by atoms with van der Waals surface area (Å²) in [4.78, 5) is 24.8. The number of anilines is 1. The molecule has 1 aromatic carbocycles. The number of nitrogens with two attached hydrogens (primary N) is 1. The third-order valence-corrected chi connectivity index (χ3v) is 2.54. The lowest BCUT2D eigenvalue weighted by atomic mass is 10.1. The summed E-state index contributed by atoms with van der Waals surface area (Å²) >= 11 is 0. The molecule has 0 saturated heterocycles. The SMILES string of the molecule is CCOC(=O)CN(C)C(=O)c1c(C)cccc1N. The van der Waals surface area contributed by atoms with E-state index < -0.39 is 5.97 Å². The van der Waals surface area contributed by atoms with Gasteiger partial charge in [-0.3, -0.25) is 9.59 Å². The largest absolute Gasteiger partial charge is 0.465 e. The molecule has 0 saturated carbocycles. The number of amides is 1. The van der Waals surface area contributed by atoms with Crippen molar-refractivity contribution in [3.05, 3.63) is 29.3 Å². The minimum absolute atomic E-state index is 0.0829. The fraction of sp³-hybridized carbons (Fsp3) is 0.385. The Kier molecular flexibility index (Phi) is 4.71. The number of nitrogen functional groups attached to an aromatic ring is 1. The monoisotopic (exact) mass is 250 g/mol. The molecule has 0 aliphatic carbocycles. The van der Waals surface area contributed by atoms with Gasteiger partial charge in [-0.2, -0.15) is 0 Å². The Morgan fingerprint density at radius 2 is 2.06 bits per heavy atom. The average molecular weight is 250 g/mol. The molecule has 2 N–H and O–H groups in total. The Balaban J connectivity index is 2.84. The van der Waals surface area contributed by atoms with Gasteiger partial charge in [-0.15, -0.1) is 0 Å². The summed E-state index contributed by atoms with van der Waals surface area (Å²) in [6, 6.07) is 5.26. The molecule has 5 heteroatoms. The van der Waals surface area contributed by atoms with Gasteiger partial charge in [0.25, 0.3) is 5.91 Å². The number of nitrogens with zero attached hydrogens (tertiary/aromatic N) is 1. The first-order chi connectivity index (χ1) is 8.47. The zero-order valence-electron chi connectivity index (χ0n) is 10.9. The summed E-state index contributed by atoms with van der Waals surface area (Å²) in [5.74, 6) is -0.709. The van der Waals surface area contributed by atoms with Crippen molar-refractivity contribution in [2.24, 2.45) is 0 Å². The molecule has 1 rings (SSSR count). The molecule has 1 amide bonds. The average Bonchev–Trinajstić information content (AvgIpc) is 2.28. The van der Waals surface area contributed by atoms with Crippen LogP contribution < -0.4 is 5.73 Å². The van der Waals surface area contributed by atoms with Gasteiger partial charge in [0.15, 0.2) is 0 Å². The van der Waals surface area contributed by atoms with Crippen molar-refractivity contribution in [1.29, 1.82) is 0 Å². The minimum Gasteiger partial charge on any atom is -0.465 e. The van der Waals surface area contributed by atoms with Crippen molar-refractivity contribution in [3.8, 4) is 0 Å². The van der Waals surface area contributed by atoms with Gasteiger partial charge < -0.3 is 15.4 Å². The van der Waals surface area contributed by atoms with E-state index in [2.05, 4.69) is 0 Å². The lowest BCUT2D eigenvalue weighted by molar-refractivity contribution is -0.143. The third-order valence-electron chi connectivity index (χ3n) is 2.54. The predicted octanol–water partition coefficient (Wildman–Crippen LogP) is 1.21. The Bertz CT molecular complexity index is 437. The number of ether oxygens (including phenoxy) is 1. The molecule has 98 valence electrons. The summed E-state index contributed by atoms with van der Waals surface area (Å²) in [5, 5.41) is 0. The van der Waals surface area contributed by atoms with Crippen LogP contribution in [0.25, 0.3) is 0 Å². The molecule has 1 aromatic rings. The van der Waals surface area contributed by atoms with Gasteiger partial charge in [0.1, 0.15) is 6.54 Å². The molecule has 0 aromatic heterocycles. The summed E-state index contributed by atoms with van der Waals surface area (Å²) < 4.78 is 4.79. The Labute approximate surface area is 107 Å². The highest BCUT2D eigenvalue weighted by Gasteiger charge is 2.19. The highest BCUT2D eigenvalue weighted by atomic mass is 16.5. The third kappa shape index (κ3) is 3.23. The van der Waals surface area contributed by atoms with Crippen LogP contribution >= 0.6 is 0 Å². The summed E-state index contributed by atoms with van der Waals surface area (Å²) in [6.07, 6.45) is 0. The maximum atomic E-state index is 12.2. The van der Waals surface area contributed by atoms with Crippen molar-refractivity contribution >= 4 is 17.6 Å². The number of esters is 1. The van der Waals surface area contributed by atoms with Crippen molar-refractivity contribution in [2.75, 3.05) is 25.9 Å². The van der Waals surface area contributed by atoms with E-state index in [4.69, 9.17) is 10.5 Å². The van der Waals surface area contributed by atoms with Crippen LogP contribution in [0, 0.1) is 6.92 Å². The summed E-state index contributed by atoms with van der Waals surface area (Å²) in [5.41, 5.74) is 7.42. The van der Waals surface area contributed by atoms with Crippen molar-refractivity contribution in [2.45, 2.75) is 13.8 Å². The normalized spacial score (nSPS) is 9.94. The fourth-order valence-corrected chi connectivity index (χ4v) is 1.65. The highest BCUT2D eigenvalue weighted by Crippen LogP contribution is 2.17. The first-order valence-corrected chi connectivity index (χ1v) is 5.73. The predicted molar refractivity (Wildman–Crippen MR) is 69.2 cm³/mol. The van der Waals surface area contributed by atoms with Crippen molar-refractivity contribution in [3.63, 3.8) is 0 Å². The van der Waals surface area contributed by atoms with Crippen LogP contribution in [0.1, 0.15) is 22.8 Å². The van der Waals surface area contributed by atoms with Gasteiger partial charge in [-0.05, 0) is 25.5 Å². The van der Waals surface area contributed by atoms with E-state index >= 15 is 0 Å². The van der Waals surface area contributed by atoms with E-state index in [9.17, 15) is 9.59 Å². The molecule has 18 heavy (non-hydrogen) atoms. The van der Waals surface area contributed by atoms with Crippen LogP contribution in [0.3, 0.4) is 0 Å². The Morgan fingerprint density at radius 3 is 2.61 bits per heavy atom. The second-order valence-electron chi connectivity index (χ2n) is 4.01. The number of carbonyl (C=O) groups is 2. The zero-order chi connectivity index (χ0) is 13.7. The number of carbonyl (C=O) groups excluding carboxylic acids is 2. The molecule has 0 heterocycles. The van der Waals surface area contributed by atoms with E-state index in [-0.39, 0.29) is 12.5 Å². The highest BCUT2D eigenvalue weighted by molar-refractivity contribution is 6.01. The number of likely N-dealkylation sites (N-methyl/N-ethyl adjacent to an activating group) is 1. The quantitative estimate of drug-likeness (QED) is 0.644. The topological polar surface area (TPSA) is 72.6 Å². The van der Waals surface area contributed by atoms with Crippen LogP contribution in [-0.2, 0) is 9.53 Å². The zero-order valence-corrected chi connectivity index (χ0v) is 10.9. The van der Waals surface area contributed by atoms with Gasteiger partial charge in [0.2, 0.25) is 0 Å². The van der Waals surface area contributed by atoms with Crippen molar-refractivity contribution < 1.29 is 14.3 Å². The number of rotatable bonds is 4. The molecule has 0 atom stereocenters. The van der Waals surface area contributed by atoms with Gasteiger partial charge in [-0.25, -0.2) is 0 Å². The van der Waals surface area contributed by atoms with E-state index in [0.717, 1.165) is 5.56 Å². The maximum Gasteiger partial charge on any atom is 0.325 e. The lowest BCUT2D eigenvalue weighted by Crippen LogP contribution is -2.33. The van der Waals surface area contributed by atoms with E-state index in [1.807, 2.05) is 13.0 Å². The van der Waals surface area contributed by atoms with Crippen molar-refractivity contribution in [1.82, 2.24) is 4.90 Å². The molecular weight excluding hydrogens is 232 g/mol. The van der Waals surface area contributed by atoms with E-state index in [1.54, 1.807) is 26.1 Å². The molecule has 0 spiro atoms. The lowest BCUT2D eigenvalue weighted by Gasteiger charge is -2.18. The van der Waals surface area contributed by atoms with Crippen LogP contribution in [0.4, 0.5) is 5.69 Å². The minimum atomic E-state index is -0.430. The maximum absolute atomic E-state index is 12.2. The summed E-state index contributed by atoms with van der Waals surface area (Å²) in [6.45, 7) is 3.74. The van der Waals surface area contributed by atoms with Gasteiger partial charge in [-0.1, -0.05) is 12.1 Å². The molecule has 0 unspecified atom stereocenters. The second kappa shape index (κ2) is 6.05. The molecule has 0 aliphatic heterocycles. The Morgan fingerprint density at radius 1 is 1.39 bits per heavy atom. The van der Waals surface area contributed by atoms with Crippen LogP contribution in [0.2, 0.25) is 0 Å².